The van der Waals surface area contributed by atoms with Gasteiger partial charge in [0.05, 0.1) is 0 Å². The molecule has 0 aliphatic rings. The minimum atomic E-state index is -0.341. The molecule has 2 N–H and O–H groups in total. The summed E-state index contributed by atoms with van der Waals surface area (Å²) in [5.74, 6) is -0.668. The number of halogens is 2. The fraction of sp³-hybridized carbons (Fsp3) is 0.263. The van der Waals surface area contributed by atoms with Crippen LogP contribution >= 0.6 is 23.2 Å². The maximum atomic E-state index is 12.0. The van der Waals surface area contributed by atoms with Crippen LogP contribution in [0.1, 0.15) is 23.1 Å². The van der Waals surface area contributed by atoms with Gasteiger partial charge in [0.2, 0.25) is 11.8 Å². The van der Waals surface area contributed by atoms with Crippen LogP contribution in [-0.2, 0) is 16.0 Å². The number of carbonyl (C=O) groups is 2. The van der Waals surface area contributed by atoms with Gasteiger partial charge in [-0.3, -0.25) is 9.59 Å². The van der Waals surface area contributed by atoms with E-state index in [1.807, 2.05) is 38.1 Å². The minimum Gasteiger partial charge on any atom is -0.355 e. The van der Waals surface area contributed by atoms with Crippen LogP contribution in [0.2, 0.25) is 10.0 Å². The van der Waals surface area contributed by atoms with E-state index in [0.29, 0.717) is 28.7 Å². The van der Waals surface area contributed by atoms with Crippen molar-refractivity contribution < 1.29 is 9.59 Å². The Balaban J connectivity index is 1.78. The second-order valence-electron chi connectivity index (χ2n) is 5.94. The van der Waals surface area contributed by atoms with Crippen molar-refractivity contribution in [3.05, 3.63) is 63.1 Å². The molecule has 2 aromatic carbocycles. The van der Waals surface area contributed by atoms with Gasteiger partial charge in [-0.15, -0.1) is 0 Å². The quantitative estimate of drug-likeness (QED) is 0.736. The van der Waals surface area contributed by atoms with E-state index in [9.17, 15) is 9.59 Å². The zero-order chi connectivity index (χ0) is 18.4. The molecule has 25 heavy (non-hydrogen) atoms. The van der Waals surface area contributed by atoms with Crippen LogP contribution in [0.3, 0.4) is 0 Å². The lowest BCUT2D eigenvalue weighted by molar-refractivity contribution is -0.126. The van der Waals surface area contributed by atoms with Crippen LogP contribution in [-0.4, -0.2) is 18.4 Å². The summed E-state index contributed by atoms with van der Waals surface area (Å²) >= 11 is 11.9. The summed E-state index contributed by atoms with van der Waals surface area (Å²) in [6.07, 6.45) is 0.349. The van der Waals surface area contributed by atoms with E-state index in [0.717, 1.165) is 16.7 Å². The Kier molecular flexibility index (Phi) is 6.85. The first kappa shape index (κ1) is 19.3. The smallest absolute Gasteiger partial charge is 0.233 e. The van der Waals surface area contributed by atoms with E-state index in [4.69, 9.17) is 23.2 Å². The molecule has 0 saturated heterocycles. The summed E-state index contributed by atoms with van der Waals surface area (Å²) in [7, 11) is 0. The number of hydrogen-bond acceptors (Lipinski definition) is 2. The molecule has 0 saturated carbocycles. The number of rotatable bonds is 6. The first-order valence-corrected chi connectivity index (χ1v) is 8.68. The number of nitrogens with one attached hydrogen (secondary N) is 2. The van der Waals surface area contributed by atoms with Crippen LogP contribution in [0.5, 0.6) is 0 Å². The lowest BCUT2D eigenvalue weighted by atomic mass is 10.1. The van der Waals surface area contributed by atoms with Gasteiger partial charge in [-0.25, -0.2) is 0 Å². The Labute approximate surface area is 157 Å². The van der Waals surface area contributed by atoms with Crippen molar-refractivity contribution in [3.8, 4) is 0 Å². The highest BCUT2D eigenvalue weighted by Crippen LogP contribution is 2.21. The standard InChI is InChI=1S/C19H20Cl2N2O2/c1-12-7-13(2)9-16(8-12)23-19(25)11-18(24)22-6-5-14-3-4-15(20)10-17(14)21/h3-4,7-10H,5-6,11H2,1-2H3,(H,22,24)(H,23,25). The van der Waals surface area contributed by atoms with Crippen molar-refractivity contribution >= 4 is 40.7 Å². The fourth-order valence-electron chi connectivity index (χ4n) is 2.52. The number of benzene rings is 2. The third-order valence-corrected chi connectivity index (χ3v) is 4.15. The average molecular weight is 379 g/mol. The molecule has 0 bridgehead atoms. The van der Waals surface area contributed by atoms with Gasteiger partial charge >= 0.3 is 0 Å². The van der Waals surface area contributed by atoms with Crippen molar-refractivity contribution in [1.82, 2.24) is 5.32 Å². The highest BCUT2D eigenvalue weighted by Gasteiger charge is 2.10. The predicted octanol–water partition coefficient (Wildman–Crippen LogP) is 4.30. The molecule has 6 heteroatoms. The molecular weight excluding hydrogens is 359 g/mol. The van der Waals surface area contributed by atoms with E-state index in [1.54, 1.807) is 12.1 Å². The molecule has 2 aromatic rings. The van der Waals surface area contributed by atoms with E-state index in [1.165, 1.54) is 0 Å². The van der Waals surface area contributed by atoms with Crippen LogP contribution in [0.15, 0.2) is 36.4 Å². The normalized spacial score (nSPS) is 10.4. The third-order valence-electron chi connectivity index (χ3n) is 3.56. The number of anilines is 1. The maximum absolute atomic E-state index is 12.0. The lowest BCUT2D eigenvalue weighted by Gasteiger charge is -2.09. The maximum Gasteiger partial charge on any atom is 0.233 e. The molecule has 0 aromatic heterocycles. The van der Waals surface area contributed by atoms with Gasteiger partial charge in [0.1, 0.15) is 6.42 Å². The van der Waals surface area contributed by atoms with E-state index in [-0.39, 0.29) is 18.2 Å². The van der Waals surface area contributed by atoms with Crippen molar-refractivity contribution in [3.63, 3.8) is 0 Å². The van der Waals surface area contributed by atoms with Crippen LogP contribution < -0.4 is 10.6 Å². The molecule has 0 atom stereocenters. The second-order valence-corrected chi connectivity index (χ2v) is 6.78. The molecule has 0 spiro atoms. The number of hydrogen-bond donors (Lipinski definition) is 2. The number of aryl methyl sites for hydroxylation is 2. The van der Waals surface area contributed by atoms with Crippen LogP contribution in [0.4, 0.5) is 5.69 Å². The Morgan fingerprint density at radius 1 is 0.960 bits per heavy atom. The largest absolute Gasteiger partial charge is 0.355 e. The monoisotopic (exact) mass is 378 g/mol. The molecule has 0 unspecified atom stereocenters. The SMILES string of the molecule is Cc1cc(C)cc(NC(=O)CC(=O)NCCc2ccc(Cl)cc2Cl)c1. The molecule has 2 rings (SSSR count). The highest BCUT2D eigenvalue weighted by molar-refractivity contribution is 6.35. The summed E-state index contributed by atoms with van der Waals surface area (Å²) < 4.78 is 0. The van der Waals surface area contributed by atoms with Gasteiger partial charge in [0.15, 0.2) is 0 Å². The summed E-state index contributed by atoms with van der Waals surface area (Å²) in [5, 5.41) is 6.60. The first-order valence-electron chi connectivity index (χ1n) is 7.92. The molecular formula is C19H20Cl2N2O2. The van der Waals surface area contributed by atoms with Crippen LogP contribution in [0.25, 0.3) is 0 Å². The highest BCUT2D eigenvalue weighted by atomic mass is 35.5. The summed E-state index contributed by atoms with van der Waals surface area (Å²) in [6, 6.07) is 11.0. The average Bonchev–Trinajstić information content (AvgIpc) is 2.48. The molecule has 0 radical (unpaired) electrons. The Morgan fingerprint density at radius 2 is 1.64 bits per heavy atom. The third kappa shape index (κ3) is 6.40. The fourth-order valence-corrected chi connectivity index (χ4v) is 3.02. The zero-order valence-electron chi connectivity index (χ0n) is 14.2. The second kappa shape index (κ2) is 8.88. The minimum absolute atomic E-state index is 0.221. The van der Waals surface area contributed by atoms with Crippen molar-refractivity contribution in [2.24, 2.45) is 0 Å². The molecule has 4 nitrogen and oxygen atoms in total. The molecule has 0 heterocycles. The Morgan fingerprint density at radius 3 is 2.28 bits per heavy atom. The number of carbonyl (C=O) groups excluding carboxylic acids is 2. The van der Waals surface area contributed by atoms with Gasteiger partial charge < -0.3 is 10.6 Å². The summed E-state index contributed by atoms with van der Waals surface area (Å²) in [4.78, 5) is 23.8. The van der Waals surface area contributed by atoms with Gasteiger partial charge in [-0.1, -0.05) is 35.3 Å². The molecule has 132 valence electrons. The van der Waals surface area contributed by atoms with Gasteiger partial charge in [-0.2, -0.15) is 0 Å². The van der Waals surface area contributed by atoms with E-state index >= 15 is 0 Å². The Bertz CT molecular complexity index is 771. The molecule has 0 fully saturated rings. The number of amides is 2. The summed E-state index contributed by atoms with van der Waals surface area (Å²) in [5.41, 5.74) is 3.70. The van der Waals surface area contributed by atoms with Gasteiger partial charge in [0, 0.05) is 22.3 Å². The summed E-state index contributed by atoms with van der Waals surface area (Å²) in [6.45, 7) is 4.31. The zero-order valence-corrected chi connectivity index (χ0v) is 15.7. The van der Waals surface area contributed by atoms with Crippen molar-refractivity contribution in [2.45, 2.75) is 26.7 Å². The topological polar surface area (TPSA) is 58.2 Å². The van der Waals surface area contributed by atoms with E-state index in [2.05, 4.69) is 10.6 Å². The Hall–Kier alpha value is -2.04. The molecule has 0 aliphatic carbocycles. The lowest BCUT2D eigenvalue weighted by Crippen LogP contribution is -2.29. The van der Waals surface area contributed by atoms with Crippen molar-refractivity contribution in [2.75, 3.05) is 11.9 Å². The van der Waals surface area contributed by atoms with Gasteiger partial charge in [0.25, 0.3) is 0 Å². The first-order chi connectivity index (χ1) is 11.8. The van der Waals surface area contributed by atoms with Gasteiger partial charge in [-0.05, 0) is 61.2 Å². The predicted molar refractivity (Wildman–Crippen MR) is 102 cm³/mol. The van der Waals surface area contributed by atoms with E-state index < -0.39 is 0 Å². The molecule has 0 aliphatic heterocycles. The molecule has 2 amide bonds. The van der Waals surface area contributed by atoms with Crippen LogP contribution in [0, 0.1) is 13.8 Å². The van der Waals surface area contributed by atoms with Crippen molar-refractivity contribution in [1.29, 1.82) is 0 Å².